The fourth-order valence-electron chi connectivity index (χ4n) is 4.51. The number of amides is 3. The third-order valence-electron chi connectivity index (χ3n) is 6.16. The van der Waals surface area contributed by atoms with Gasteiger partial charge in [0.25, 0.3) is 17.5 Å². The molecule has 0 spiro atoms. The third-order valence-corrected chi connectivity index (χ3v) is 7.09. The number of nitro benzene ring substituents is 1. The number of nitro groups is 1. The van der Waals surface area contributed by atoms with Gasteiger partial charge in [-0.15, -0.1) is 0 Å². The van der Waals surface area contributed by atoms with E-state index >= 15 is 0 Å². The normalized spacial score (nSPS) is 19.0. The smallest absolute Gasteiger partial charge is 0.269 e. The standard InChI is InChI=1S/C22H22N4O7S/c23-34(32,33)18-11-9-16(10-12-18)25-20(27)13-19(22(25)29)24(15-3-1-2-4-15)21(28)14-5-7-17(8-6-14)26(30)31/h5-12,15,19H,1-4,13H2,(H2,23,32,33). The molecule has 4 rings (SSSR count). The zero-order valence-electron chi connectivity index (χ0n) is 18.0. The van der Waals surface area contributed by atoms with Crippen LogP contribution in [0.15, 0.2) is 53.4 Å². The van der Waals surface area contributed by atoms with Gasteiger partial charge in [0.1, 0.15) is 6.04 Å². The summed E-state index contributed by atoms with van der Waals surface area (Å²) in [5.41, 5.74) is 0.206. The summed E-state index contributed by atoms with van der Waals surface area (Å²) in [5.74, 6) is -1.58. The minimum atomic E-state index is -3.94. The summed E-state index contributed by atoms with van der Waals surface area (Å²) in [6.45, 7) is 0. The SMILES string of the molecule is NS(=O)(=O)c1ccc(N2C(=O)CC(N(C(=O)c3ccc([N+](=O)[O-])cc3)C3CCCC3)C2=O)cc1. The lowest BCUT2D eigenvalue weighted by Gasteiger charge is -2.33. The molecule has 0 aromatic heterocycles. The van der Waals surface area contributed by atoms with Crippen molar-refractivity contribution in [3.8, 4) is 0 Å². The van der Waals surface area contributed by atoms with Crippen LogP contribution in [0.2, 0.25) is 0 Å². The molecule has 1 unspecified atom stereocenters. The number of anilines is 1. The fraction of sp³-hybridized carbons (Fsp3) is 0.318. The maximum absolute atomic E-state index is 13.4. The summed E-state index contributed by atoms with van der Waals surface area (Å²) in [6.07, 6.45) is 2.90. The lowest BCUT2D eigenvalue weighted by atomic mass is 10.1. The van der Waals surface area contributed by atoms with E-state index in [4.69, 9.17) is 5.14 Å². The Kier molecular flexibility index (Phi) is 6.19. The zero-order chi connectivity index (χ0) is 24.6. The van der Waals surface area contributed by atoms with Gasteiger partial charge in [-0.25, -0.2) is 18.5 Å². The fourth-order valence-corrected chi connectivity index (χ4v) is 5.02. The molecule has 1 saturated carbocycles. The van der Waals surface area contributed by atoms with Gasteiger partial charge in [-0.1, -0.05) is 12.8 Å². The summed E-state index contributed by atoms with van der Waals surface area (Å²) in [7, 11) is -3.94. The molecule has 2 aliphatic rings. The Hall–Kier alpha value is -3.64. The minimum absolute atomic E-state index is 0.159. The molecule has 1 aliphatic carbocycles. The first-order valence-corrected chi connectivity index (χ1v) is 12.2. The molecule has 11 nitrogen and oxygen atoms in total. The highest BCUT2D eigenvalue weighted by atomic mass is 32.2. The largest absolute Gasteiger partial charge is 0.323 e. The molecule has 178 valence electrons. The molecule has 1 saturated heterocycles. The average Bonchev–Trinajstić information content (AvgIpc) is 3.42. The number of hydrogen-bond acceptors (Lipinski definition) is 7. The van der Waals surface area contributed by atoms with Crippen molar-refractivity contribution in [3.05, 3.63) is 64.2 Å². The van der Waals surface area contributed by atoms with E-state index in [1.54, 1.807) is 0 Å². The van der Waals surface area contributed by atoms with Crippen LogP contribution in [-0.4, -0.2) is 48.0 Å². The summed E-state index contributed by atoms with van der Waals surface area (Å²) in [5, 5.41) is 16.0. The number of hydrogen-bond donors (Lipinski definition) is 1. The monoisotopic (exact) mass is 486 g/mol. The van der Waals surface area contributed by atoms with Gasteiger partial charge in [0, 0.05) is 23.7 Å². The second kappa shape index (κ2) is 8.95. The van der Waals surface area contributed by atoms with Gasteiger partial charge in [-0.2, -0.15) is 0 Å². The van der Waals surface area contributed by atoms with E-state index < -0.39 is 38.7 Å². The molecule has 1 atom stereocenters. The van der Waals surface area contributed by atoms with Crippen LogP contribution in [-0.2, 0) is 19.6 Å². The highest BCUT2D eigenvalue weighted by Crippen LogP contribution is 2.33. The Balaban J connectivity index is 1.64. The maximum atomic E-state index is 13.4. The van der Waals surface area contributed by atoms with E-state index in [0.29, 0.717) is 12.8 Å². The van der Waals surface area contributed by atoms with E-state index in [9.17, 15) is 32.9 Å². The highest BCUT2D eigenvalue weighted by molar-refractivity contribution is 7.89. The van der Waals surface area contributed by atoms with Gasteiger partial charge in [-0.3, -0.25) is 24.5 Å². The summed E-state index contributed by atoms with van der Waals surface area (Å²) in [4.78, 5) is 52.2. The van der Waals surface area contributed by atoms with Crippen molar-refractivity contribution in [2.45, 2.75) is 49.1 Å². The van der Waals surface area contributed by atoms with Crippen molar-refractivity contribution in [2.24, 2.45) is 5.14 Å². The molecule has 3 amide bonds. The second-order valence-electron chi connectivity index (χ2n) is 8.28. The Bertz CT molecular complexity index is 1250. The number of nitrogens with two attached hydrogens (primary N) is 1. The van der Waals surface area contributed by atoms with Crippen LogP contribution in [0.4, 0.5) is 11.4 Å². The molecular weight excluding hydrogens is 464 g/mol. The molecule has 1 aliphatic heterocycles. The van der Waals surface area contributed by atoms with Crippen LogP contribution < -0.4 is 10.0 Å². The summed E-state index contributed by atoms with van der Waals surface area (Å²) in [6, 6.07) is 8.89. The predicted octanol–water partition coefficient (Wildman–Crippen LogP) is 1.96. The Morgan fingerprint density at radius 1 is 1.03 bits per heavy atom. The van der Waals surface area contributed by atoms with Gasteiger partial charge in [0.05, 0.1) is 21.9 Å². The van der Waals surface area contributed by atoms with E-state index in [-0.39, 0.29) is 34.3 Å². The average molecular weight is 487 g/mol. The van der Waals surface area contributed by atoms with E-state index in [2.05, 4.69) is 0 Å². The molecule has 2 fully saturated rings. The number of primary sulfonamides is 1. The molecule has 12 heteroatoms. The number of imide groups is 1. The number of sulfonamides is 1. The molecule has 2 N–H and O–H groups in total. The van der Waals surface area contributed by atoms with Crippen molar-refractivity contribution >= 4 is 39.1 Å². The van der Waals surface area contributed by atoms with Gasteiger partial charge in [0.15, 0.2) is 0 Å². The Morgan fingerprint density at radius 3 is 2.15 bits per heavy atom. The van der Waals surface area contributed by atoms with E-state index in [1.165, 1.54) is 53.4 Å². The van der Waals surface area contributed by atoms with Gasteiger partial charge < -0.3 is 4.90 Å². The molecular formula is C22H22N4O7S. The molecule has 0 bridgehead atoms. The second-order valence-corrected chi connectivity index (χ2v) is 9.84. The summed E-state index contributed by atoms with van der Waals surface area (Å²) >= 11 is 0. The number of benzene rings is 2. The van der Waals surface area contributed by atoms with E-state index in [0.717, 1.165) is 17.7 Å². The number of carbonyl (C=O) groups excluding carboxylic acids is 3. The predicted molar refractivity (Wildman–Crippen MR) is 120 cm³/mol. The van der Waals surface area contributed by atoms with Crippen molar-refractivity contribution < 1.29 is 27.7 Å². The van der Waals surface area contributed by atoms with Gasteiger partial charge in [-0.05, 0) is 49.2 Å². The number of carbonyl (C=O) groups is 3. The van der Waals surface area contributed by atoms with Crippen LogP contribution in [0.1, 0.15) is 42.5 Å². The van der Waals surface area contributed by atoms with Crippen LogP contribution in [0.5, 0.6) is 0 Å². The van der Waals surface area contributed by atoms with Crippen molar-refractivity contribution in [3.63, 3.8) is 0 Å². The topological polar surface area (TPSA) is 161 Å². The lowest BCUT2D eigenvalue weighted by Crippen LogP contribution is -2.50. The first-order valence-electron chi connectivity index (χ1n) is 10.6. The quantitative estimate of drug-likeness (QED) is 0.371. The molecule has 34 heavy (non-hydrogen) atoms. The highest BCUT2D eigenvalue weighted by Gasteiger charge is 2.47. The Labute approximate surface area is 195 Å². The van der Waals surface area contributed by atoms with Gasteiger partial charge >= 0.3 is 0 Å². The zero-order valence-corrected chi connectivity index (χ0v) is 18.8. The van der Waals surface area contributed by atoms with Crippen LogP contribution in [0, 0.1) is 10.1 Å². The number of rotatable bonds is 6. The molecule has 2 aromatic rings. The van der Waals surface area contributed by atoms with Crippen LogP contribution in [0.3, 0.4) is 0 Å². The molecule has 2 aromatic carbocycles. The number of non-ortho nitro benzene ring substituents is 1. The minimum Gasteiger partial charge on any atom is -0.323 e. The lowest BCUT2D eigenvalue weighted by molar-refractivity contribution is -0.384. The maximum Gasteiger partial charge on any atom is 0.269 e. The first kappa shape index (κ1) is 23.5. The molecule has 1 heterocycles. The van der Waals surface area contributed by atoms with Crippen LogP contribution in [0.25, 0.3) is 0 Å². The van der Waals surface area contributed by atoms with E-state index in [1.807, 2.05) is 0 Å². The van der Waals surface area contributed by atoms with Crippen molar-refractivity contribution in [1.82, 2.24) is 4.90 Å². The van der Waals surface area contributed by atoms with Crippen molar-refractivity contribution in [2.75, 3.05) is 4.90 Å². The van der Waals surface area contributed by atoms with Crippen molar-refractivity contribution in [1.29, 1.82) is 0 Å². The number of nitrogens with zero attached hydrogens (tertiary/aromatic N) is 3. The first-order chi connectivity index (χ1) is 16.1. The summed E-state index contributed by atoms with van der Waals surface area (Å²) < 4.78 is 23.0. The van der Waals surface area contributed by atoms with Gasteiger partial charge in [0.2, 0.25) is 15.9 Å². The molecule has 0 radical (unpaired) electrons. The Morgan fingerprint density at radius 2 is 1.62 bits per heavy atom. The third kappa shape index (κ3) is 4.41. The van der Waals surface area contributed by atoms with Crippen LogP contribution >= 0.6 is 0 Å².